The molecule has 4 rings (SSSR count). The molecule has 3 aromatic rings. The molecular formula is C23H28N2S. The lowest BCUT2D eigenvalue weighted by Gasteiger charge is -2.29. The van der Waals surface area contributed by atoms with Crippen molar-refractivity contribution in [3.8, 4) is 0 Å². The number of aryl methyl sites for hydroxylation is 1. The fourth-order valence-corrected chi connectivity index (χ4v) is 5.01. The molecule has 1 atom stereocenters. The highest BCUT2D eigenvalue weighted by atomic mass is 32.1. The van der Waals surface area contributed by atoms with Crippen molar-refractivity contribution in [2.24, 2.45) is 0 Å². The van der Waals surface area contributed by atoms with Crippen LogP contribution in [0.1, 0.15) is 75.6 Å². The zero-order valence-electron chi connectivity index (χ0n) is 16.5. The van der Waals surface area contributed by atoms with Gasteiger partial charge in [-0.1, -0.05) is 65.0 Å². The van der Waals surface area contributed by atoms with E-state index in [0.717, 1.165) is 17.5 Å². The summed E-state index contributed by atoms with van der Waals surface area (Å²) in [7, 11) is 0. The van der Waals surface area contributed by atoms with Crippen molar-refractivity contribution in [2.45, 2.75) is 70.6 Å². The fourth-order valence-electron chi connectivity index (χ4n) is 4.46. The second-order valence-electron chi connectivity index (χ2n) is 9.42. The summed E-state index contributed by atoms with van der Waals surface area (Å²) in [6.07, 6.45) is 3.63. The maximum absolute atomic E-state index is 4.57. The summed E-state index contributed by atoms with van der Waals surface area (Å²) in [4.78, 5) is 0. The fraction of sp³-hybridized carbons (Fsp3) is 0.478. The van der Waals surface area contributed by atoms with Crippen molar-refractivity contribution in [1.82, 2.24) is 8.75 Å². The van der Waals surface area contributed by atoms with Gasteiger partial charge in [-0.05, 0) is 64.3 Å². The molecule has 0 radical (unpaired) electrons. The van der Waals surface area contributed by atoms with E-state index in [1.165, 1.54) is 35.7 Å². The Morgan fingerprint density at radius 1 is 1.04 bits per heavy atom. The third kappa shape index (κ3) is 3.07. The molecule has 0 saturated carbocycles. The van der Waals surface area contributed by atoms with Crippen molar-refractivity contribution >= 4 is 22.8 Å². The zero-order chi connectivity index (χ0) is 18.5. The minimum Gasteiger partial charge on any atom is -0.173 e. The molecule has 1 aliphatic carbocycles. The summed E-state index contributed by atoms with van der Waals surface area (Å²) in [5, 5.41) is 0. The van der Waals surface area contributed by atoms with Gasteiger partial charge in [0.05, 0.1) is 11.7 Å². The smallest absolute Gasteiger partial charge is 0.108 e. The van der Waals surface area contributed by atoms with Crippen LogP contribution in [0, 0.1) is 0 Å². The SMILES string of the molecule is CC(C)(C)c1ccc2c(c1)CCC2CC(C)(C)c1cccc2nsnc12. The minimum atomic E-state index is 0.0875. The lowest BCUT2D eigenvalue weighted by Crippen LogP contribution is -2.21. The van der Waals surface area contributed by atoms with E-state index in [2.05, 4.69) is 79.8 Å². The third-order valence-corrected chi connectivity index (χ3v) is 6.53. The average molecular weight is 365 g/mol. The molecule has 1 aliphatic rings. The second kappa shape index (κ2) is 6.16. The first-order valence-corrected chi connectivity index (χ1v) is 10.3. The Morgan fingerprint density at radius 2 is 1.85 bits per heavy atom. The number of nitrogens with zero attached hydrogens (tertiary/aromatic N) is 2. The summed E-state index contributed by atoms with van der Waals surface area (Å²) in [5.41, 5.74) is 8.34. The molecule has 1 aromatic heterocycles. The van der Waals surface area contributed by atoms with Crippen LogP contribution in [-0.4, -0.2) is 8.75 Å². The predicted molar refractivity (Wildman–Crippen MR) is 111 cm³/mol. The highest BCUT2D eigenvalue weighted by molar-refractivity contribution is 7.00. The van der Waals surface area contributed by atoms with Gasteiger partial charge in [0.15, 0.2) is 0 Å². The van der Waals surface area contributed by atoms with Gasteiger partial charge < -0.3 is 0 Å². The monoisotopic (exact) mass is 364 g/mol. The van der Waals surface area contributed by atoms with Gasteiger partial charge in [0.1, 0.15) is 11.0 Å². The summed E-state index contributed by atoms with van der Waals surface area (Å²) in [6.45, 7) is 11.6. The number of hydrogen-bond acceptors (Lipinski definition) is 3. The Morgan fingerprint density at radius 3 is 2.62 bits per heavy atom. The third-order valence-electron chi connectivity index (χ3n) is 5.98. The first-order valence-electron chi connectivity index (χ1n) is 9.61. The number of aromatic nitrogens is 2. The van der Waals surface area contributed by atoms with Crippen molar-refractivity contribution < 1.29 is 0 Å². The van der Waals surface area contributed by atoms with E-state index in [9.17, 15) is 0 Å². The molecule has 2 aromatic carbocycles. The summed E-state index contributed by atoms with van der Waals surface area (Å²) >= 11 is 1.32. The maximum Gasteiger partial charge on any atom is 0.108 e. The molecule has 3 heteroatoms. The Hall–Kier alpha value is -1.74. The van der Waals surface area contributed by atoms with E-state index in [0.29, 0.717) is 5.92 Å². The van der Waals surface area contributed by atoms with Gasteiger partial charge in [-0.3, -0.25) is 0 Å². The second-order valence-corrected chi connectivity index (χ2v) is 9.95. The van der Waals surface area contributed by atoms with Crippen molar-refractivity contribution in [3.63, 3.8) is 0 Å². The average Bonchev–Trinajstić information content (AvgIpc) is 3.20. The van der Waals surface area contributed by atoms with Crippen molar-refractivity contribution in [1.29, 1.82) is 0 Å². The van der Waals surface area contributed by atoms with Gasteiger partial charge in [0.2, 0.25) is 0 Å². The van der Waals surface area contributed by atoms with Crippen LogP contribution < -0.4 is 0 Å². The molecule has 0 amide bonds. The highest BCUT2D eigenvalue weighted by Crippen LogP contribution is 2.44. The van der Waals surface area contributed by atoms with Crippen LogP contribution in [0.15, 0.2) is 36.4 Å². The first kappa shape index (κ1) is 17.7. The van der Waals surface area contributed by atoms with Crippen LogP contribution in [0.3, 0.4) is 0 Å². The molecule has 1 heterocycles. The largest absolute Gasteiger partial charge is 0.173 e. The quantitative estimate of drug-likeness (QED) is 0.538. The Kier molecular flexibility index (Phi) is 4.18. The van der Waals surface area contributed by atoms with Gasteiger partial charge in [-0.15, -0.1) is 0 Å². The van der Waals surface area contributed by atoms with Crippen LogP contribution in [0.2, 0.25) is 0 Å². The Labute approximate surface area is 161 Å². The molecule has 2 nitrogen and oxygen atoms in total. The van der Waals surface area contributed by atoms with Crippen LogP contribution in [-0.2, 0) is 17.3 Å². The van der Waals surface area contributed by atoms with Crippen LogP contribution >= 0.6 is 11.7 Å². The van der Waals surface area contributed by atoms with E-state index in [4.69, 9.17) is 0 Å². The van der Waals surface area contributed by atoms with Gasteiger partial charge in [-0.2, -0.15) is 8.75 Å². The zero-order valence-corrected chi connectivity index (χ0v) is 17.3. The molecule has 26 heavy (non-hydrogen) atoms. The molecule has 0 saturated heterocycles. The maximum atomic E-state index is 4.57. The molecular weight excluding hydrogens is 336 g/mol. The molecule has 0 bridgehead atoms. The van der Waals surface area contributed by atoms with Crippen molar-refractivity contribution in [2.75, 3.05) is 0 Å². The summed E-state index contributed by atoms with van der Waals surface area (Å²) < 4.78 is 9.00. The van der Waals surface area contributed by atoms with E-state index in [-0.39, 0.29) is 10.8 Å². The van der Waals surface area contributed by atoms with E-state index < -0.39 is 0 Å². The molecule has 0 spiro atoms. The number of rotatable bonds is 3. The molecule has 0 fully saturated rings. The van der Waals surface area contributed by atoms with E-state index in [1.807, 2.05) is 0 Å². The topological polar surface area (TPSA) is 25.8 Å². The van der Waals surface area contributed by atoms with Crippen LogP contribution in [0.5, 0.6) is 0 Å². The lowest BCUT2D eigenvalue weighted by molar-refractivity contribution is 0.424. The molecule has 0 N–H and O–H groups in total. The van der Waals surface area contributed by atoms with Crippen LogP contribution in [0.25, 0.3) is 11.0 Å². The molecule has 0 aliphatic heterocycles. The highest BCUT2D eigenvalue weighted by Gasteiger charge is 2.32. The standard InChI is InChI=1S/C23H28N2S/c1-22(2,3)17-11-12-18-15(13-17)9-10-16(18)14-23(4,5)19-7-6-8-20-21(19)25-26-24-20/h6-8,11-13,16H,9-10,14H2,1-5H3. The number of benzene rings is 2. The Bertz CT molecular complexity index is 946. The van der Waals surface area contributed by atoms with Gasteiger partial charge in [0.25, 0.3) is 0 Å². The number of hydrogen-bond donors (Lipinski definition) is 0. The summed E-state index contributed by atoms with van der Waals surface area (Å²) in [6, 6.07) is 13.6. The Balaban J connectivity index is 1.64. The summed E-state index contributed by atoms with van der Waals surface area (Å²) in [5.74, 6) is 0.635. The van der Waals surface area contributed by atoms with Gasteiger partial charge in [0, 0.05) is 0 Å². The normalized spacial score (nSPS) is 17.7. The first-order chi connectivity index (χ1) is 12.3. The van der Waals surface area contributed by atoms with Gasteiger partial charge in [-0.25, -0.2) is 0 Å². The van der Waals surface area contributed by atoms with Crippen LogP contribution in [0.4, 0.5) is 0 Å². The molecule has 1 unspecified atom stereocenters. The van der Waals surface area contributed by atoms with E-state index in [1.54, 1.807) is 11.1 Å². The van der Waals surface area contributed by atoms with E-state index >= 15 is 0 Å². The van der Waals surface area contributed by atoms with Gasteiger partial charge >= 0.3 is 0 Å². The lowest BCUT2D eigenvalue weighted by atomic mass is 9.75. The molecule has 136 valence electrons. The number of fused-ring (bicyclic) bond motifs is 2. The predicted octanol–water partition coefficient (Wildman–Crippen LogP) is 6.39. The minimum absolute atomic E-state index is 0.0875. The van der Waals surface area contributed by atoms with Crippen molar-refractivity contribution in [3.05, 3.63) is 58.7 Å².